The maximum absolute atomic E-state index is 13.7. The Kier molecular flexibility index (Phi) is 6.63. The number of aromatic amines is 1. The average molecular weight is 596 g/mol. The smallest absolute Gasteiger partial charge is 0.255 e. The molecule has 214 valence electrons. The van der Waals surface area contributed by atoms with E-state index in [1.807, 2.05) is 0 Å². The third-order valence-electron chi connectivity index (χ3n) is 7.01. The SMILES string of the molecule is CNC(=O)c1c(-c2ccc(F)cc2)oc2cc(N(C)S(C)(=O)=O)c(-c3cc(C#N)cc(-c4nc5ncncc5[nH]4)c3)cc12. The number of benzene rings is 3. The van der Waals surface area contributed by atoms with Gasteiger partial charge in [-0.3, -0.25) is 9.10 Å². The molecule has 1 amide bonds. The fourth-order valence-corrected chi connectivity index (χ4v) is 5.35. The van der Waals surface area contributed by atoms with Gasteiger partial charge >= 0.3 is 0 Å². The standard InChI is InChI=1S/C30H22FN7O4S/c1-33-30(39)26-22-11-21(18-8-16(13-32)9-19(10-18)28-36-23-14-34-15-35-29(23)37-28)24(38(2)43(3,40)41)12-25(22)42-27(26)17-4-6-20(31)7-5-17/h4-12,14-15H,1-3H3,(H,33,39)(H,34,35,36,37). The minimum Gasteiger partial charge on any atom is -0.455 e. The molecule has 0 fully saturated rings. The molecular weight excluding hydrogens is 573 g/mol. The van der Waals surface area contributed by atoms with Crippen LogP contribution in [0.4, 0.5) is 10.1 Å². The Morgan fingerprint density at radius 3 is 2.51 bits per heavy atom. The van der Waals surface area contributed by atoms with Gasteiger partial charge in [-0.15, -0.1) is 0 Å². The van der Waals surface area contributed by atoms with Gasteiger partial charge in [0.15, 0.2) is 5.65 Å². The summed E-state index contributed by atoms with van der Waals surface area (Å²) in [5.41, 5.74) is 3.89. The summed E-state index contributed by atoms with van der Waals surface area (Å²) in [5.74, 6) is -0.288. The Labute approximate surface area is 244 Å². The van der Waals surface area contributed by atoms with E-state index in [4.69, 9.17) is 4.42 Å². The van der Waals surface area contributed by atoms with Crippen molar-refractivity contribution in [3.63, 3.8) is 0 Å². The normalized spacial score (nSPS) is 11.5. The molecule has 0 unspecified atom stereocenters. The van der Waals surface area contributed by atoms with E-state index in [0.29, 0.717) is 44.6 Å². The molecule has 3 heterocycles. The fraction of sp³-hybridized carbons (Fsp3) is 0.100. The number of nitriles is 1. The third kappa shape index (κ3) is 4.93. The Hall–Kier alpha value is -5.61. The van der Waals surface area contributed by atoms with Crippen molar-refractivity contribution in [1.29, 1.82) is 5.26 Å². The van der Waals surface area contributed by atoms with Gasteiger partial charge in [-0.25, -0.2) is 27.8 Å². The van der Waals surface area contributed by atoms with Gasteiger partial charge in [0, 0.05) is 42.2 Å². The number of rotatable bonds is 6. The summed E-state index contributed by atoms with van der Waals surface area (Å²) in [5, 5.41) is 12.9. The zero-order valence-electron chi connectivity index (χ0n) is 23.0. The highest BCUT2D eigenvalue weighted by atomic mass is 32.2. The van der Waals surface area contributed by atoms with Gasteiger partial charge in [-0.1, -0.05) is 0 Å². The highest BCUT2D eigenvalue weighted by Crippen LogP contribution is 2.42. The van der Waals surface area contributed by atoms with E-state index in [9.17, 15) is 22.9 Å². The number of halogens is 1. The van der Waals surface area contributed by atoms with Crippen molar-refractivity contribution in [3.8, 4) is 39.9 Å². The van der Waals surface area contributed by atoms with E-state index in [0.717, 1.165) is 10.6 Å². The molecule has 6 rings (SSSR count). The molecule has 3 aromatic carbocycles. The van der Waals surface area contributed by atoms with Crippen molar-refractivity contribution in [2.75, 3.05) is 24.7 Å². The Morgan fingerprint density at radius 1 is 1.09 bits per heavy atom. The number of hydrogen-bond donors (Lipinski definition) is 2. The van der Waals surface area contributed by atoms with Gasteiger partial charge in [0.1, 0.15) is 34.8 Å². The molecule has 0 atom stereocenters. The fourth-order valence-electron chi connectivity index (χ4n) is 4.84. The number of furan rings is 1. The second-order valence-corrected chi connectivity index (χ2v) is 11.8. The molecule has 3 aromatic heterocycles. The molecule has 0 saturated carbocycles. The zero-order valence-corrected chi connectivity index (χ0v) is 23.8. The van der Waals surface area contributed by atoms with Crippen LogP contribution in [0.15, 0.2) is 71.5 Å². The predicted octanol–water partition coefficient (Wildman–Crippen LogP) is 4.87. The number of carbonyl (C=O) groups is 1. The molecule has 13 heteroatoms. The number of anilines is 1. The average Bonchev–Trinajstić information content (AvgIpc) is 3.61. The number of nitrogens with one attached hydrogen (secondary N) is 2. The van der Waals surface area contributed by atoms with E-state index in [2.05, 4.69) is 31.3 Å². The first-order chi connectivity index (χ1) is 20.6. The Bertz CT molecular complexity index is 2180. The second-order valence-electron chi connectivity index (χ2n) is 9.74. The number of amides is 1. The molecular formula is C30H22FN7O4S. The molecule has 0 aliphatic rings. The second kappa shape index (κ2) is 10.3. The molecule has 2 N–H and O–H groups in total. The van der Waals surface area contributed by atoms with Crippen LogP contribution in [0.5, 0.6) is 0 Å². The van der Waals surface area contributed by atoms with E-state index >= 15 is 0 Å². The minimum absolute atomic E-state index is 0.187. The molecule has 0 bridgehead atoms. The summed E-state index contributed by atoms with van der Waals surface area (Å²) in [7, 11) is -0.885. The lowest BCUT2D eigenvalue weighted by atomic mass is 9.95. The number of nitrogens with zero attached hydrogens (tertiary/aromatic N) is 5. The van der Waals surface area contributed by atoms with E-state index in [-0.39, 0.29) is 28.2 Å². The van der Waals surface area contributed by atoms with Crippen LogP contribution in [0, 0.1) is 17.1 Å². The van der Waals surface area contributed by atoms with Gasteiger partial charge in [-0.05, 0) is 54.1 Å². The lowest BCUT2D eigenvalue weighted by molar-refractivity contribution is 0.0964. The number of sulfonamides is 1. The van der Waals surface area contributed by atoms with Crippen molar-refractivity contribution in [3.05, 3.63) is 84.1 Å². The van der Waals surface area contributed by atoms with Crippen molar-refractivity contribution in [1.82, 2.24) is 25.3 Å². The first kappa shape index (κ1) is 27.6. The largest absolute Gasteiger partial charge is 0.455 e. The number of aromatic nitrogens is 4. The van der Waals surface area contributed by atoms with Gasteiger partial charge < -0.3 is 14.7 Å². The molecule has 43 heavy (non-hydrogen) atoms. The number of fused-ring (bicyclic) bond motifs is 2. The highest BCUT2D eigenvalue weighted by molar-refractivity contribution is 7.92. The number of H-pyrrole nitrogens is 1. The van der Waals surface area contributed by atoms with Crippen LogP contribution in [0.2, 0.25) is 0 Å². The van der Waals surface area contributed by atoms with Crippen LogP contribution in [0.1, 0.15) is 15.9 Å². The molecule has 11 nitrogen and oxygen atoms in total. The third-order valence-corrected chi connectivity index (χ3v) is 8.20. The highest BCUT2D eigenvalue weighted by Gasteiger charge is 2.26. The van der Waals surface area contributed by atoms with Crippen LogP contribution in [-0.2, 0) is 10.0 Å². The predicted molar refractivity (Wildman–Crippen MR) is 159 cm³/mol. The van der Waals surface area contributed by atoms with Crippen LogP contribution >= 0.6 is 0 Å². The molecule has 0 radical (unpaired) electrons. The summed E-state index contributed by atoms with van der Waals surface area (Å²) < 4.78 is 46.4. The topological polar surface area (TPSA) is 158 Å². The Balaban J connectivity index is 1.65. The first-order valence-corrected chi connectivity index (χ1v) is 14.7. The summed E-state index contributed by atoms with van der Waals surface area (Å²) in [6.07, 6.45) is 4.02. The summed E-state index contributed by atoms with van der Waals surface area (Å²) >= 11 is 0. The molecule has 0 saturated heterocycles. The van der Waals surface area contributed by atoms with E-state index in [1.165, 1.54) is 50.8 Å². The molecule has 6 aromatic rings. The van der Waals surface area contributed by atoms with E-state index in [1.54, 1.807) is 30.5 Å². The van der Waals surface area contributed by atoms with Crippen LogP contribution in [-0.4, -0.2) is 54.6 Å². The molecule has 0 aliphatic carbocycles. The van der Waals surface area contributed by atoms with Crippen molar-refractivity contribution in [2.24, 2.45) is 0 Å². The number of imidazole rings is 1. The monoisotopic (exact) mass is 595 g/mol. The first-order valence-electron chi connectivity index (χ1n) is 12.8. The van der Waals surface area contributed by atoms with Crippen LogP contribution in [0.3, 0.4) is 0 Å². The lowest BCUT2D eigenvalue weighted by Gasteiger charge is -2.21. The maximum Gasteiger partial charge on any atom is 0.255 e. The zero-order chi connectivity index (χ0) is 30.5. The summed E-state index contributed by atoms with van der Waals surface area (Å²) in [6, 6.07) is 15.8. The minimum atomic E-state index is -3.76. The Morgan fingerprint density at radius 2 is 1.84 bits per heavy atom. The van der Waals surface area contributed by atoms with Crippen LogP contribution in [0.25, 0.3) is 56.0 Å². The lowest BCUT2D eigenvalue weighted by Crippen LogP contribution is -2.25. The summed E-state index contributed by atoms with van der Waals surface area (Å²) in [6.45, 7) is 0. The van der Waals surface area contributed by atoms with Gasteiger partial charge in [-0.2, -0.15) is 5.26 Å². The summed E-state index contributed by atoms with van der Waals surface area (Å²) in [4.78, 5) is 29.0. The van der Waals surface area contributed by atoms with Gasteiger partial charge in [0.25, 0.3) is 5.91 Å². The van der Waals surface area contributed by atoms with E-state index < -0.39 is 21.7 Å². The maximum atomic E-state index is 13.7. The van der Waals surface area contributed by atoms with Crippen LogP contribution < -0.4 is 9.62 Å². The molecule has 0 spiro atoms. The quantitative estimate of drug-likeness (QED) is 0.276. The van der Waals surface area contributed by atoms with Crippen molar-refractivity contribution in [2.45, 2.75) is 0 Å². The number of hydrogen-bond acceptors (Lipinski definition) is 8. The molecule has 0 aliphatic heterocycles. The van der Waals surface area contributed by atoms with Gasteiger partial charge in [0.05, 0.1) is 35.3 Å². The van der Waals surface area contributed by atoms with Gasteiger partial charge in [0.2, 0.25) is 10.0 Å². The number of carbonyl (C=O) groups excluding carboxylic acids is 1. The van der Waals surface area contributed by atoms with Crippen molar-refractivity contribution < 1.29 is 22.0 Å². The van der Waals surface area contributed by atoms with Crippen molar-refractivity contribution >= 4 is 43.8 Å².